The van der Waals surface area contributed by atoms with E-state index in [2.05, 4.69) is 33.2 Å². The second kappa shape index (κ2) is 21.2. The Morgan fingerprint density at radius 2 is 1.50 bits per heavy atom. The Morgan fingerprint density at radius 1 is 0.848 bits per heavy atom. The molecule has 7 amide bonds. The van der Waals surface area contributed by atoms with Gasteiger partial charge >= 0.3 is 6.03 Å². The monoisotopic (exact) mass is 680 g/mol. The van der Waals surface area contributed by atoms with Crippen LogP contribution in [0.4, 0.5) is 4.79 Å². The minimum atomic E-state index is -0.461. The van der Waals surface area contributed by atoms with Gasteiger partial charge in [0, 0.05) is 68.6 Å². The van der Waals surface area contributed by atoms with Crippen molar-refractivity contribution in [3.05, 3.63) is 12.7 Å². The zero-order valence-corrected chi connectivity index (χ0v) is 28.6. The number of nitrogens with zero attached hydrogens (tertiary/aromatic N) is 1. The molecule has 258 valence electrons. The number of urea groups is 1. The molecule has 0 aromatic heterocycles. The van der Waals surface area contributed by atoms with E-state index in [0.29, 0.717) is 49.9 Å². The van der Waals surface area contributed by atoms with Crippen molar-refractivity contribution in [2.75, 3.05) is 37.7 Å². The summed E-state index contributed by atoms with van der Waals surface area (Å²) in [5, 5.41) is 14.6. The highest BCUT2D eigenvalue weighted by molar-refractivity contribution is 8.00. The Hall–Kier alpha value is -2.74. The van der Waals surface area contributed by atoms with Crippen molar-refractivity contribution in [2.45, 2.75) is 112 Å². The fourth-order valence-electron chi connectivity index (χ4n) is 5.77. The van der Waals surface area contributed by atoms with Gasteiger partial charge in [-0.1, -0.05) is 12.5 Å². The van der Waals surface area contributed by atoms with E-state index >= 15 is 0 Å². The standard InChI is InChI=1S/C32H52N6O6S2/c1-2-3-4-8-16-35-28(41)15-20-45-25-21-29(42)38(31(25)43)19-11-14-27(40)34-18-10-5-9-17-33-26(39)13-7-6-12-24-30-23(22-46-24)36-32(44)37-30/h2,23-25,30H,1,3-22H2,(H,33,39)(H,34,40)(H,35,41)(H2,36,37,44)/t23-,24-,25?,30-/m0/s1. The predicted octanol–water partition coefficient (Wildman–Crippen LogP) is 2.62. The number of rotatable bonds is 24. The molecule has 4 atom stereocenters. The van der Waals surface area contributed by atoms with Crippen LogP contribution in [0.15, 0.2) is 12.7 Å². The maximum atomic E-state index is 12.7. The third-order valence-electron chi connectivity index (χ3n) is 8.37. The van der Waals surface area contributed by atoms with Crippen LogP contribution < -0.4 is 26.6 Å². The molecular weight excluding hydrogens is 629 g/mol. The number of thioether (sulfide) groups is 2. The highest BCUT2D eigenvalue weighted by Crippen LogP contribution is 2.33. The van der Waals surface area contributed by atoms with Gasteiger partial charge in [0.2, 0.25) is 29.5 Å². The van der Waals surface area contributed by atoms with Gasteiger partial charge < -0.3 is 26.6 Å². The van der Waals surface area contributed by atoms with Gasteiger partial charge in [-0.05, 0) is 57.8 Å². The third kappa shape index (κ3) is 13.5. The SMILES string of the molecule is C=CCCCCNC(=O)CCSC1CC(=O)N(CCCC(=O)NCCCCCNC(=O)CCCC[C@@H]2SC[C@@H]3NC(=O)N[C@@H]32)C1=O. The van der Waals surface area contributed by atoms with Gasteiger partial charge in [-0.25, -0.2) is 4.79 Å². The normalized spacial score (nSPS) is 21.9. The van der Waals surface area contributed by atoms with Crippen LogP contribution in [-0.2, 0) is 24.0 Å². The summed E-state index contributed by atoms with van der Waals surface area (Å²) in [4.78, 5) is 74.0. The second-order valence-corrected chi connectivity index (χ2v) is 14.6. The van der Waals surface area contributed by atoms with E-state index in [1.807, 2.05) is 17.8 Å². The number of nitrogens with one attached hydrogen (secondary N) is 5. The van der Waals surface area contributed by atoms with Gasteiger partial charge in [0.1, 0.15) is 0 Å². The van der Waals surface area contributed by atoms with Crippen LogP contribution in [0, 0.1) is 0 Å². The first-order valence-corrected chi connectivity index (χ1v) is 18.9. The Balaban J connectivity index is 1.11. The molecule has 3 aliphatic heterocycles. The number of carbonyl (C=O) groups is 6. The number of allylic oxidation sites excluding steroid dienone is 1. The maximum absolute atomic E-state index is 12.7. The largest absolute Gasteiger partial charge is 0.356 e. The van der Waals surface area contributed by atoms with Gasteiger partial charge in [-0.3, -0.25) is 28.9 Å². The molecular formula is C32H52N6O6S2. The van der Waals surface area contributed by atoms with Crippen LogP contribution in [0.5, 0.6) is 0 Å². The fraction of sp³-hybridized carbons (Fsp3) is 0.750. The van der Waals surface area contributed by atoms with Gasteiger partial charge in [-0.15, -0.1) is 18.3 Å². The van der Waals surface area contributed by atoms with Crippen LogP contribution in [0.3, 0.4) is 0 Å². The Labute approximate surface area is 281 Å². The summed E-state index contributed by atoms with van der Waals surface area (Å²) >= 11 is 3.24. The van der Waals surface area contributed by atoms with E-state index in [9.17, 15) is 28.8 Å². The minimum absolute atomic E-state index is 0.0484. The third-order valence-corrected chi connectivity index (χ3v) is 11.1. The lowest BCUT2D eigenvalue weighted by molar-refractivity contribution is -0.138. The van der Waals surface area contributed by atoms with Crippen molar-refractivity contribution >= 4 is 59.1 Å². The fourth-order valence-corrected chi connectivity index (χ4v) is 8.43. The van der Waals surface area contributed by atoms with Gasteiger partial charge in [-0.2, -0.15) is 11.8 Å². The van der Waals surface area contributed by atoms with Crippen LogP contribution >= 0.6 is 23.5 Å². The number of unbranched alkanes of at least 4 members (excludes halogenated alkanes) is 5. The van der Waals surface area contributed by atoms with Crippen molar-refractivity contribution in [3.8, 4) is 0 Å². The number of hydrogen-bond donors (Lipinski definition) is 5. The molecule has 12 nitrogen and oxygen atoms in total. The molecule has 3 saturated heterocycles. The zero-order valence-electron chi connectivity index (χ0n) is 26.9. The van der Waals surface area contributed by atoms with Crippen LogP contribution in [0.2, 0.25) is 0 Å². The molecule has 0 bridgehead atoms. The lowest BCUT2D eigenvalue weighted by Crippen LogP contribution is -2.36. The summed E-state index contributed by atoms with van der Waals surface area (Å²) in [5.41, 5.74) is 0. The molecule has 1 unspecified atom stereocenters. The topological polar surface area (TPSA) is 166 Å². The Kier molecular flexibility index (Phi) is 17.4. The molecule has 0 aliphatic carbocycles. The van der Waals surface area contributed by atoms with Gasteiger partial charge in [0.05, 0.1) is 17.3 Å². The predicted molar refractivity (Wildman–Crippen MR) is 182 cm³/mol. The molecule has 0 saturated carbocycles. The van der Waals surface area contributed by atoms with E-state index in [1.54, 1.807) is 0 Å². The number of amides is 7. The molecule has 0 spiro atoms. The molecule has 3 rings (SSSR count). The first kappa shape index (κ1) is 37.7. The minimum Gasteiger partial charge on any atom is -0.356 e. The quantitative estimate of drug-likeness (QED) is 0.0449. The maximum Gasteiger partial charge on any atom is 0.315 e. The smallest absolute Gasteiger partial charge is 0.315 e. The Morgan fingerprint density at radius 3 is 2.20 bits per heavy atom. The van der Waals surface area contributed by atoms with E-state index in [1.165, 1.54) is 16.7 Å². The van der Waals surface area contributed by atoms with Gasteiger partial charge in [0.25, 0.3) is 0 Å². The number of fused-ring (bicyclic) bond motifs is 1. The van der Waals surface area contributed by atoms with E-state index < -0.39 is 5.25 Å². The van der Waals surface area contributed by atoms with Crippen molar-refractivity contribution in [3.63, 3.8) is 0 Å². The molecule has 5 N–H and O–H groups in total. The number of carbonyl (C=O) groups excluding carboxylic acids is 6. The molecule has 46 heavy (non-hydrogen) atoms. The summed E-state index contributed by atoms with van der Waals surface area (Å²) in [7, 11) is 0. The molecule has 0 aromatic rings. The van der Waals surface area contributed by atoms with Crippen molar-refractivity contribution in [1.29, 1.82) is 0 Å². The highest BCUT2D eigenvalue weighted by atomic mass is 32.2. The van der Waals surface area contributed by atoms with Crippen LogP contribution in [0.1, 0.15) is 89.9 Å². The average Bonchev–Trinajstić information content (AvgIpc) is 3.66. The summed E-state index contributed by atoms with van der Waals surface area (Å²) < 4.78 is 0. The summed E-state index contributed by atoms with van der Waals surface area (Å²) in [6, 6.07) is 0.373. The van der Waals surface area contributed by atoms with E-state index in [0.717, 1.165) is 63.5 Å². The molecule has 3 heterocycles. The van der Waals surface area contributed by atoms with Crippen LogP contribution in [-0.4, -0.2) is 101 Å². The summed E-state index contributed by atoms with van der Waals surface area (Å²) in [6.07, 6.45) is 11.6. The number of imide groups is 1. The molecule has 0 radical (unpaired) electrons. The first-order chi connectivity index (χ1) is 22.3. The first-order valence-electron chi connectivity index (χ1n) is 16.8. The van der Waals surface area contributed by atoms with Gasteiger partial charge in [0.15, 0.2) is 0 Å². The van der Waals surface area contributed by atoms with Crippen molar-refractivity contribution < 1.29 is 28.8 Å². The number of likely N-dealkylation sites (tertiary alicyclic amines) is 1. The molecule has 0 aromatic carbocycles. The number of hydrogen-bond acceptors (Lipinski definition) is 8. The van der Waals surface area contributed by atoms with E-state index in [-0.39, 0.29) is 67.0 Å². The lowest BCUT2D eigenvalue weighted by Gasteiger charge is -2.16. The zero-order chi connectivity index (χ0) is 33.1. The highest BCUT2D eigenvalue weighted by Gasteiger charge is 2.42. The van der Waals surface area contributed by atoms with E-state index in [4.69, 9.17) is 0 Å². The van der Waals surface area contributed by atoms with Crippen LogP contribution in [0.25, 0.3) is 0 Å². The molecule has 3 fully saturated rings. The second-order valence-electron chi connectivity index (χ2n) is 12.1. The summed E-state index contributed by atoms with van der Waals surface area (Å²) in [6.45, 7) is 5.70. The summed E-state index contributed by atoms with van der Waals surface area (Å²) in [5.74, 6) is 0.888. The van der Waals surface area contributed by atoms with Crippen molar-refractivity contribution in [2.24, 2.45) is 0 Å². The average molecular weight is 681 g/mol. The Bertz CT molecular complexity index is 1060. The molecule has 3 aliphatic rings. The van der Waals surface area contributed by atoms with Crippen molar-refractivity contribution in [1.82, 2.24) is 31.5 Å². The lowest BCUT2D eigenvalue weighted by atomic mass is 10.0. The molecule has 14 heteroatoms.